The normalized spacial score (nSPS) is 12.7. The highest BCUT2D eigenvalue weighted by Gasteiger charge is 2.14. The summed E-state index contributed by atoms with van der Waals surface area (Å²) in [5.74, 6) is 0. The molecule has 0 radical (unpaired) electrons. The average Bonchev–Trinajstić information content (AvgIpc) is 2.96. The summed E-state index contributed by atoms with van der Waals surface area (Å²) in [5.41, 5.74) is 1.60. The molecule has 0 saturated carbocycles. The smallest absolute Gasteiger partial charge is 0.240 e. The van der Waals surface area contributed by atoms with Gasteiger partial charge in [0.2, 0.25) is 10.0 Å². The molecule has 8 heteroatoms. The zero-order chi connectivity index (χ0) is 16.9. The maximum absolute atomic E-state index is 12.2. The minimum atomic E-state index is -3.47. The Labute approximate surface area is 154 Å². The van der Waals surface area contributed by atoms with Gasteiger partial charge < -0.3 is 0 Å². The van der Waals surface area contributed by atoms with Gasteiger partial charge in [-0.25, -0.2) is 18.1 Å². The molecule has 122 valence electrons. The number of benzene rings is 1. The SMILES string of the molecule is CC(I)CCNS(=O)(=O)c1ccc(-c2csc(CC#N)n2)cc1. The fourth-order valence-electron chi connectivity index (χ4n) is 1.87. The van der Waals surface area contributed by atoms with E-state index in [1.54, 1.807) is 24.3 Å². The maximum Gasteiger partial charge on any atom is 0.240 e. The second-order valence-electron chi connectivity index (χ2n) is 4.95. The predicted octanol–water partition coefficient (Wildman–Crippen LogP) is 3.37. The molecule has 0 aliphatic carbocycles. The Bertz CT molecular complexity index is 793. The number of nitrogens with zero attached hydrogens (tertiary/aromatic N) is 2. The third-order valence-electron chi connectivity index (χ3n) is 3.08. The first-order valence-corrected chi connectivity index (χ1v) is 10.6. The summed E-state index contributed by atoms with van der Waals surface area (Å²) >= 11 is 3.69. The Morgan fingerprint density at radius 2 is 2.09 bits per heavy atom. The summed E-state index contributed by atoms with van der Waals surface area (Å²) in [6, 6.07) is 8.69. The molecular weight excluding hydrogens is 445 g/mol. The van der Waals surface area contributed by atoms with E-state index in [4.69, 9.17) is 5.26 Å². The predicted molar refractivity (Wildman–Crippen MR) is 100 cm³/mol. The van der Waals surface area contributed by atoms with Crippen LogP contribution in [0.4, 0.5) is 0 Å². The lowest BCUT2D eigenvalue weighted by Gasteiger charge is -2.08. The van der Waals surface area contributed by atoms with Crippen LogP contribution in [0.2, 0.25) is 0 Å². The lowest BCUT2D eigenvalue weighted by molar-refractivity contribution is 0.579. The van der Waals surface area contributed by atoms with Crippen molar-refractivity contribution in [3.05, 3.63) is 34.7 Å². The minimum absolute atomic E-state index is 0.245. The van der Waals surface area contributed by atoms with Crippen LogP contribution in [0.25, 0.3) is 11.3 Å². The fraction of sp³-hybridized carbons (Fsp3) is 0.333. The number of sulfonamides is 1. The van der Waals surface area contributed by atoms with Crippen molar-refractivity contribution in [2.45, 2.75) is 28.6 Å². The summed E-state index contributed by atoms with van der Waals surface area (Å²) in [7, 11) is -3.47. The third kappa shape index (κ3) is 5.24. The highest BCUT2D eigenvalue weighted by atomic mass is 127. The first-order chi connectivity index (χ1) is 10.9. The van der Waals surface area contributed by atoms with Gasteiger partial charge in [-0.2, -0.15) is 5.26 Å². The van der Waals surface area contributed by atoms with E-state index >= 15 is 0 Å². The van der Waals surface area contributed by atoms with E-state index in [1.165, 1.54) is 11.3 Å². The van der Waals surface area contributed by atoms with Crippen LogP contribution in [0.15, 0.2) is 34.5 Å². The Hall–Kier alpha value is -1.02. The molecular formula is C15H16IN3O2S2. The first kappa shape index (κ1) is 18.3. The number of alkyl halides is 1. The largest absolute Gasteiger partial charge is 0.240 e. The number of hydrogen-bond donors (Lipinski definition) is 1. The summed E-state index contributed by atoms with van der Waals surface area (Å²) in [6.45, 7) is 2.47. The number of hydrogen-bond acceptors (Lipinski definition) is 5. The van der Waals surface area contributed by atoms with Gasteiger partial charge in [0.25, 0.3) is 0 Å². The minimum Gasteiger partial charge on any atom is -0.240 e. The monoisotopic (exact) mass is 461 g/mol. The Balaban J connectivity index is 2.10. The van der Waals surface area contributed by atoms with Crippen molar-refractivity contribution in [1.82, 2.24) is 9.71 Å². The molecule has 0 fully saturated rings. The van der Waals surface area contributed by atoms with E-state index in [1.807, 2.05) is 12.3 Å². The van der Waals surface area contributed by atoms with E-state index in [2.05, 4.69) is 38.4 Å². The van der Waals surface area contributed by atoms with Crippen LogP contribution in [0.1, 0.15) is 18.4 Å². The standard InChI is InChI=1S/C15H16IN3O2S2/c1-11(16)7-9-18-23(20,21)13-4-2-12(3-5-13)14-10-22-15(19-14)6-8-17/h2-5,10-11,18H,6-7,9H2,1H3. The second-order valence-corrected chi connectivity index (χ2v) is 9.79. The Kier molecular flexibility index (Phi) is 6.52. The Morgan fingerprint density at radius 3 is 2.70 bits per heavy atom. The van der Waals surface area contributed by atoms with Gasteiger partial charge in [0.05, 0.1) is 23.1 Å². The van der Waals surface area contributed by atoms with E-state index < -0.39 is 10.0 Å². The Morgan fingerprint density at radius 1 is 1.39 bits per heavy atom. The van der Waals surface area contributed by atoms with Gasteiger partial charge in [0, 0.05) is 21.4 Å². The van der Waals surface area contributed by atoms with Gasteiger partial charge >= 0.3 is 0 Å². The topological polar surface area (TPSA) is 82.9 Å². The van der Waals surface area contributed by atoms with Crippen molar-refractivity contribution in [2.24, 2.45) is 0 Å². The number of thiazole rings is 1. The molecule has 1 aromatic heterocycles. The zero-order valence-electron chi connectivity index (χ0n) is 12.5. The molecule has 0 aliphatic heterocycles. The highest BCUT2D eigenvalue weighted by Crippen LogP contribution is 2.23. The van der Waals surface area contributed by atoms with Crippen LogP contribution < -0.4 is 4.72 Å². The summed E-state index contributed by atoms with van der Waals surface area (Å²) < 4.78 is 27.4. The second kappa shape index (κ2) is 8.19. The van der Waals surface area contributed by atoms with Crippen LogP contribution >= 0.6 is 33.9 Å². The molecule has 23 heavy (non-hydrogen) atoms. The van der Waals surface area contributed by atoms with Crippen molar-refractivity contribution in [2.75, 3.05) is 6.54 Å². The van der Waals surface area contributed by atoms with Crippen LogP contribution in [-0.2, 0) is 16.4 Å². The summed E-state index contributed by atoms with van der Waals surface area (Å²) in [5, 5.41) is 11.3. The lowest BCUT2D eigenvalue weighted by atomic mass is 10.2. The number of rotatable bonds is 7. The fourth-order valence-corrected chi connectivity index (χ4v) is 3.97. The molecule has 5 nitrogen and oxygen atoms in total. The molecule has 1 unspecified atom stereocenters. The molecule has 0 saturated heterocycles. The van der Waals surface area contributed by atoms with Crippen molar-refractivity contribution in [3.63, 3.8) is 0 Å². The molecule has 0 amide bonds. The molecule has 1 heterocycles. The van der Waals surface area contributed by atoms with Gasteiger partial charge in [-0.1, -0.05) is 41.6 Å². The van der Waals surface area contributed by atoms with Crippen LogP contribution in [-0.4, -0.2) is 23.9 Å². The first-order valence-electron chi connectivity index (χ1n) is 6.98. The summed E-state index contributed by atoms with van der Waals surface area (Å²) in [6.07, 6.45) is 1.08. The maximum atomic E-state index is 12.2. The van der Waals surface area contributed by atoms with Gasteiger partial charge in [-0.05, 0) is 18.6 Å². The van der Waals surface area contributed by atoms with E-state index in [0.717, 1.165) is 22.7 Å². The van der Waals surface area contributed by atoms with Crippen molar-refractivity contribution in [3.8, 4) is 17.3 Å². The van der Waals surface area contributed by atoms with Gasteiger partial charge in [-0.15, -0.1) is 11.3 Å². The zero-order valence-corrected chi connectivity index (χ0v) is 16.3. The summed E-state index contributed by atoms with van der Waals surface area (Å²) in [4.78, 5) is 4.61. The molecule has 1 aromatic carbocycles. The molecule has 0 aliphatic rings. The molecule has 1 N–H and O–H groups in total. The van der Waals surface area contributed by atoms with E-state index in [0.29, 0.717) is 10.5 Å². The molecule has 0 bridgehead atoms. The highest BCUT2D eigenvalue weighted by molar-refractivity contribution is 14.1. The quantitative estimate of drug-likeness (QED) is 0.507. The molecule has 2 rings (SSSR count). The van der Waals surface area contributed by atoms with Gasteiger partial charge in [-0.3, -0.25) is 0 Å². The van der Waals surface area contributed by atoms with E-state index in [-0.39, 0.29) is 11.3 Å². The van der Waals surface area contributed by atoms with Crippen molar-refractivity contribution >= 4 is 44.0 Å². The number of aromatic nitrogens is 1. The van der Waals surface area contributed by atoms with Crippen molar-refractivity contribution < 1.29 is 8.42 Å². The van der Waals surface area contributed by atoms with Crippen LogP contribution in [0.5, 0.6) is 0 Å². The van der Waals surface area contributed by atoms with Gasteiger partial charge in [0.1, 0.15) is 5.01 Å². The third-order valence-corrected chi connectivity index (χ3v) is 6.03. The van der Waals surface area contributed by atoms with Crippen molar-refractivity contribution in [1.29, 1.82) is 5.26 Å². The molecule has 2 aromatic rings. The van der Waals surface area contributed by atoms with Crippen LogP contribution in [0.3, 0.4) is 0 Å². The number of halogens is 1. The molecule has 0 spiro atoms. The number of nitriles is 1. The molecule has 1 atom stereocenters. The lowest BCUT2D eigenvalue weighted by Crippen LogP contribution is -2.25. The van der Waals surface area contributed by atoms with Gasteiger partial charge in [0.15, 0.2) is 0 Å². The van der Waals surface area contributed by atoms with E-state index in [9.17, 15) is 8.42 Å². The van der Waals surface area contributed by atoms with Crippen LogP contribution in [0, 0.1) is 11.3 Å². The number of nitrogens with one attached hydrogen (secondary N) is 1. The average molecular weight is 461 g/mol.